The van der Waals surface area contributed by atoms with Crippen molar-refractivity contribution in [2.24, 2.45) is 13.0 Å². The molecule has 0 saturated carbocycles. The second-order valence-electron chi connectivity index (χ2n) is 7.85. The molecule has 4 rings (SSSR count). The van der Waals surface area contributed by atoms with Crippen LogP contribution in [-0.4, -0.2) is 33.2 Å². The van der Waals surface area contributed by atoms with Gasteiger partial charge in [0.25, 0.3) is 5.56 Å². The Morgan fingerprint density at radius 2 is 2.10 bits per heavy atom. The summed E-state index contributed by atoms with van der Waals surface area (Å²) in [6.45, 7) is 7.03. The fourth-order valence-electron chi connectivity index (χ4n) is 4.07. The third-order valence-electron chi connectivity index (χ3n) is 5.43. The first kappa shape index (κ1) is 19.9. The van der Waals surface area contributed by atoms with Crippen molar-refractivity contribution < 1.29 is 14.1 Å². The first-order valence-corrected chi connectivity index (χ1v) is 10.1. The van der Waals surface area contributed by atoms with Crippen molar-refractivity contribution in [3.63, 3.8) is 0 Å². The molecule has 0 bridgehead atoms. The topological polar surface area (TPSA) is 93.2 Å². The molecule has 1 aromatic carbocycles. The van der Waals surface area contributed by atoms with Crippen molar-refractivity contribution in [2.45, 2.75) is 33.9 Å². The van der Waals surface area contributed by atoms with Crippen molar-refractivity contribution in [3.05, 3.63) is 50.7 Å². The Morgan fingerprint density at radius 3 is 2.80 bits per heavy atom. The van der Waals surface area contributed by atoms with Crippen LogP contribution in [0, 0.1) is 12.8 Å². The molecule has 0 unspecified atom stereocenters. The van der Waals surface area contributed by atoms with Crippen molar-refractivity contribution in [1.82, 2.24) is 14.1 Å². The zero-order valence-corrected chi connectivity index (χ0v) is 17.6. The molecule has 158 valence electrons. The summed E-state index contributed by atoms with van der Waals surface area (Å²) in [5, 5.41) is 0. The Bertz CT molecular complexity index is 1250. The molecule has 0 saturated heterocycles. The number of esters is 1. The molecule has 30 heavy (non-hydrogen) atoms. The van der Waals surface area contributed by atoms with E-state index in [1.165, 1.54) is 4.57 Å². The number of aromatic amines is 1. The maximum Gasteiger partial charge on any atom is 0.364 e. The van der Waals surface area contributed by atoms with Crippen LogP contribution in [0.4, 0.5) is 11.6 Å². The zero-order valence-electron chi connectivity index (χ0n) is 17.6. The highest BCUT2D eigenvalue weighted by Crippen LogP contribution is 2.28. The molecule has 0 fully saturated rings. The van der Waals surface area contributed by atoms with E-state index < -0.39 is 23.8 Å². The van der Waals surface area contributed by atoms with Crippen LogP contribution in [-0.2, 0) is 29.7 Å². The number of nitrogens with one attached hydrogen (secondary N) is 1. The summed E-state index contributed by atoms with van der Waals surface area (Å²) in [7, 11) is 1.59. The lowest BCUT2D eigenvalue weighted by Gasteiger charge is -2.26. The number of ether oxygens (including phenoxy) is 1. The standard InChI is InChI=1S/C21H25N5O4/c1-5-30-16(27)12-26-19(28)17-18(23(4)21(26)29)22-20-24(10-14(3)11-25(17)20)15-8-6-7-13(2)9-15/h6-9,14H,5,10-12H2,1-4H3/p+1/t14-/m0/s1. The first-order valence-electron chi connectivity index (χ1n) is 10.1. The lowest BCUT2D eigenvalue weighted by atomic mass is 10.1. The number of imidazole rings is 1. The SMILES string of the molecule is CCOC(=O)Cn1c(=O)c2c([nH]c3[n+]2C[C@@H](C)CN3c2cccc(C)c2)n(C)c1=O. The Labute approximate surface area is 173 Å². The van der Waals surface area contributed by atoms with Gasteiger partial charge in [-0.05, 0) is 31.5 Å². The van der Waals surface area contributed by atoms with Crippen LogP contribution in [0.5, 0.6) is 0 Å². The molecule has 1 aliphatic heterocycles. The van der Waals surface area contributed by atoms with Crippen molar-refractivity contribution in [1.29, 1.82) is 0 Å². The first-order chi connectivity index (χ1) is 14.3. The highest BCUT2D eigenvalue weighted by Gasteiger charge is 2.36. The zero-order chi connectivity index (χ0) is 21.6. The van der Waals surface area contributed by atoms with Crippen molar-refractivity contribution >= 4 is 28.8 Å². The normalized spacial score (nSPS) is 16.0. The third-order valence-corrected chi connectivity index (χ3v) is 5.43. The summed E-state index contributed by atoms with van der Waals surface area (Å²) in [4.78, 5) is 43.4. The summed E-state index contributed by atoms with van der Waals surface area (Å²) >= 11 is 0. The molecule has 3 heterocycles. The van der Waals surface area contributed by atoms with E-state index in [4.69, 9.17) is 4.74 Å². The molecule has 9 nitrogen and oxygen atoms in total. The van der Waals surface area contributed by atoms with Gasteiger partial charge in [-0.3, -0.25) is 14.2 Å². The Hall–Kier alpha value is -3.36. The maximum absolute atomic E-state index is 13.3. The Morgan fingerprint density at radius 1 is 1.33 bits per heavy atom. The number of aryl methyl sites for hydroxylation is 2. The van der Waals surface area contributed by atoms with Gasteiger partial charge < -0.3 is 4.74 Å². The van der Waals surface area contributed by atoms with E-state index in [9.17, 15) is 14.4 Å². The van der Waals surface area contributed by atoms with Crippen LogP contribution >= 0.6 is 0 Å². The minimum Gasteiger partial charge on any atom is -0.465 e. The van der Waals surface area contributed by atoms with Crippen molar-refractivity contribution in [2.75, 3.05) is 18.1 Å². The lowest BCUT2D eigenvalue weighted by Crippen LogP contribution is -2.52. The van der Waals surface area contributed by atoms with Gasteiger partial charge >= 0.3 is 17.6 Å². The summed E-state index contributed by atoms with van der Waals surface area (Å²) < 4.78 is 9.16. The number of benzene rings is 1. The minimum atomic E-state index is -0.611. The molecule has 0 spiro atoms. The fourth-order valence-corrected chi connectivity index (χ4v) is 4.07. The van der Waals surface area contributed by atoms with Crippen LogP contribution in [0.2, 0.25) is 0 Å². The average Bonchev–Trinajstić information content (AvgIpc) is 3.08. The van der Waals surface area contributed by atoms with E-state index in [2.05, 4.69) is 22.9 Å². The van der Waals surface area contributed by atoms with Gasteiger partial charge in [0.05, 0.1) is 19.7 Å². The minimum absolute atomic E-state index is 0.188. The smallest absolute Gasteiger partial charge is 0.364 e. The monoisotopic (exact) mass is 412 g/mol. The molecule has 1 atom stereocenters. The van der Waals surface area contributed by atoms with Gasteiger partial charge in [-0.2, -0.15) is 0 Å². The Balaban J connectivity index is 1.94. The second-order valence-corrected chi connectivity index (χ2v) is 7.85. The molecule has 0 amide bonds. The van der Waals surface area contributed by atoms with E-state index in [0.717, 1.165) is 28.3 Å². The number of rotatable bonds is 4. The van der Waals surface area contributed by atoms with Gasteiger partial charge in [0.2, 0.25) is 11.2 Å². The van der Waals surface area contributed by atoms with Gasteiger partial charge in [-0.25, -0.2) is 23.8 Å². The van der Waals surface area contributed by atoms with Crippen LogP contribution < -0.4 is 20.7 Å². The van der Waals surface area contributed by atoms with Gasteiger partial charge in [0.1, 0.15) is 12.2 Å². The third kappa shape index (κ3) is 3.20. The van der Waals surface area contributed by atoms with Crippen LogP contribution in [0.3, 0.4) is 0 Å². The molecular weight excluding hydrogens is 386 g/mol. The van der Waals surface area contributed by atoms with E-state index >= 15 is 0 Å². The molecular formula is C21H26N5O4+. The number of aromatic nitrogens is 4. The molecule has 0 radical (unpaired) electrons. The van der Waals surface area contributed by atoms with Gasteiger partial charge in [0, 0.05) is 13.0 Å². The average molecular weight is 412 g/mol. The highest BCUT2D eigenvalue weighted by molar-refractivity contribution is 5.72. The quantitative estimate of drug-likeness (QED) is 0.509. The lowest BCUT2D eigenvalue weighted by molar-refractivity contribution is -0.669. The predicted octanol–water partition coefficient (Wildman–Crippen LogP) is 0.975. The fraction of sp³-hybridized carbons (Fsp3) is 0.429. The number of nitrogens with zero attached hydrogens (tertiary/aromatic N) is 4. The maximum atomic E-state index is 13.3. The molecule has 2 aromatic heterocycles. The number of fused-ring (bicyclic) bond motifs is 3. The molecule has 1 N–H and O–H groups in total. The number of carbonyl (C=O) groups is 1. The second kappa shape index (κ2) is 7.47. The Kier molecular flexibility index (Phi) is 4.97. The number of hydrogen-bond acceptors (Lipinski definition) is 5. The summed E-state index contributed by atoms with van der Waals surface area (Å²) in [6.07, 6.45) is 0. The summed E-state index contributed by atoms with van der Waals surface area (Å²) in [6, 6.07) is 8.15. The molecule has 3 aromatic rings. The van der Waals surface area contributed by atoms with E-state index in [-0.39, 0.29) is 12.5 Å². The van der Waals surface area contributed by atoms with Gasteiger partial charge in [0.15, 0.2) is 0 Å². The van der Waals surface area contributed by atoms with Gasteiger partial charge in [-0.15, -0.1) is 0 Å². The highest BCUT2D eigenvalue weighted by atomic mass is 16.5. The van der Waals surface area contributed by atoms with Crippen molar-refractivity contribution in [3.8, 4) is 0 Å². The summed E-state index contributed by atoms with van der Waals surface area (Å²) in [5.74, 6) is 0.409. The van der Waals surface area contributed by atoms with E-state index in [1.807, 2.05) is 29.7 Å². The molecule has 0 aliphatic carbocycles. The van der Waals surface area contributed by atoms with E-state index in [0.29, 0.717) is 17.7 Å². The number of hydrogen-bond donors (Lipinski definition) is 1. The largest absolute Gasteiger partial charge is 0.465 e. The molecule has 9 heteroatoms. The van der Waals surface area contributed by atoms with E-state index in [1.54, 1.807) is 14.0 Å². The predicted molar refractivity (Wildman–Crippen MR) is 112 cm³/mol. The summed E-state index contributed by atoms with van der Waals surface area (Å²) in [5.41, 5.74) is 1.90. The number of carbonyl (C=O) groups excluding carboxylic acids is 1. The van der Waals surface area contributed by atoms with Crippen LogP contribution in [0.25, 0.3) is 11.2 Å². The number of anilines is 2. The van der Waals surface area contributed by atoms with Crippen LogP contribution in [0.15, 0.2) is 33.9 Å². The number of H-pyrrole nitrogens is 1. The van der Waals surface area contributed by atoms with Crippen LogP contribution in [0.1, 0.15) is 19.4 Å². The van der Waals surface area contributed by atoms with Gasteiger partial charge in [-0.1, -0.05) is 19.1 Å². The molecule has 1 aliphatic rings.